The maximum absolute atomic E-state index is 12.6. The molecule has 1 aromatic heterocycles. The number of piperidine rings is 1. The Bertz CT molecular complexity index is 723. The fourth-order valence-corrected chi connectivity index (χ4v) is 6.70. The van der Waals surface area contributed by atoms with Gasteiger partial charge in [0.1, 0.15) is 4.21 Å². The van der Waals surface area contributed by atoms with E-state index in [1.165, 1.54) is 11.3 Å². The summed E-state index contributed by atoms with van der Waals surface area (Å²) in [6, 6.07) is 3.42. The van der Waals surface area contributed by atoms with Gasteiger partial charge in [-0.05, 0) is 49.7 Å². The molecule has 0 spiro atoms. The fourth-order valence-electron chi connectivity index (χ4n) is 4.09. The third-order valence-corrected chi connectivity index (χ3v) is 9.29. The lowest BCUT2D eigenvalue weighted by Gasteiger charge is -2.34. The van der Waals surface area contributed by atoms with E-state index in [4.69, 9.17) is 0 Å². The maximum atomic E-state index is 12.6. The monoisotopic (exact) mass is 442 g/mol. The quantitative estimate of drug-likeness (QED) is 0.589. The molecule has 0 aliphatic carbocycles. The first-order valence-electron chi connectivity index (χ1n) is 10.7. The summed E-state index contributed by atoms with van der Waals surface area (Å²) in [7, 11) is -3.36. The van der Waals surface area contributed by atoms with Crippen LogP contribution in [0.1, 0.15) is 32.6 Å². The number of carbonyl (C=O) groups is 1. The number of piperazine rings is 1. The van der Waals surface area contributed by atoms with Crippen molar-refractivity contribution in [3.05, 3.63) is 17.5 Å². The Balaban J connectivity index is 1.29. The van der Waals surface area contributed by atoms with Crippen molar-refractivity contribution in [1.82, 2.24) is 19.4 Å². The Morgan fingerprint density at radius 1 is 1.14 bits per heavy atom. The second-order valence-corrected chi connectivity index (χ2v) is 11.1. The Labute approximate surface area is 179 Å². The molecule has 0 atom stereocenters. The zero-order valence-electron chi connectivity index (χ0n) is 17.4. The molecule has 9 heteroatoms. The van der Waals surface area contributed by atoms with E-state index in [0.29, 0.717) is 23.7 Å². The lowest BCUT2D eigenvalue weighted by atomic mass is 9.94. The number of sulfonamides is 1. The van der Waals surface area contributed by atoms with E-state index in [2.05, 4.69) is 22.0 Å². The SMILES string of the molecule is CCN1CCN(CCCNC(=O)CC2CCN(S(=O)(=O)c3cccs3)CC2)CC1. The second-order valence-electron chi connectivity index (χ2n) is 7.96. The summed E-state index contributed by atoms with van der Waals surface area (Å²) in [5.74, 6) is 0.368. The summed E-state index contributed by atoms with van der Waals surface area (Å²) in [6.07, 6.45) is 2.98. The number of likely N-dealkylation sites (N-methyl/N-ethyl adjacent to an activating group) is 1. The number of hydrogen-bond donors (Lipinski definition) is 1. The molecule has 2 fully saturated rings. The fraction of sp³-hybridized carbons (Fsp3) is 0.750. The summed E-state index contributed by atoms with van der Waals surface area (Å²) in [6.45, 7) is 10.6. The number of thiophene rings is 1. The molecule has 0 radical (unpaired) electrons. The van der Waals surface area contributed by atoms with Gasteiger partial charge >= 0.3 is 0 Å². The molecule has 3 rings (SSSR count). The minimum Gasteiger partial charge on any atom is -0.356 e. The van der Waals surface area contributed by atoms with Gasteiger partial charge in [-0.1, -0.05) is 13.0 Å². The van der Waals surface area contributed by atoms with Crippen molar-refractivity contribution in [3.63, 3.8) is 0 Å². The zero-order chi connectivity index (χ0) is 20.7. The first-order chi connectivity index (χ1) is 14.0. The van der Waals surface area contributed by atoms with Gasteiger partial charge in [0.15, 0.2) is 0 Å². The van der Waals surface area contributed by atoms with Crippen LogP contribution < -0.4 is 5.32 Å². The summed E-state index contributed by atoms with van der Waals surface area (Å²) in [5.41, 5.74) is 0. The van der Waals surface area contributed by atoms with Crippen molar-refractivity contribution in [2.24, 2.45) is 5.92 Å². The van der Waals surface area contributed by atoms with Gasteiger partial charge in [0.2, 0.25) is 5.91 Å². The Hall–Kier alpha value is -1.00. The molecule has 29 heavy (non-hydrogen) atoms. The normalized spacial score (nSPS) is 20.7. The highest BCUT2D eigenvalue weighted by Gasteiger charge is 2.30. The zero-order valence-corrected chi connectivity index (χ0v) is 19.0. The van der Waals surface area contributed by atoms with Gasteiger partial charge in [0, 0.05) is 52.2 Å². The molecule has 2 aliphatic heterocycles. The topological polar surface area (TPSA) is 73.0 Å². The minimum absolute atomic E-state index is 0.0976. The molecular formula is C20H34N4O3S2. The minimum atomic E-state index is -3.36. The van der Waals surface area contributed by atoms with Gasteiger partial charge < -0.3 is 15.1 Å². The number of nitrogens with zero attached hydrogens (tertiary/aromatic N) is 3. The number of hydrogen-bond acceptors (Lipinski definition) is 6. The van der Waals surface area contributed by atoms with E-state index in [1.807, 2.05) is 0 Å². The van der Waals surface area contributed by atoms with Crippen LogP contribution in [0.3, 0.4) is 0 Å². The Kier molecular flexibility index (Phi) is 8.49. The van der Waals surface area contributed by atoms with Crippen molar-refractivity contribution in [3.8, 4) is 0 Å². The molecule has 2 aliphatic rings. The van der Waals surface area contributed by atoms with Gasteiger partial charge in [0.25, 0.3) is 10.0 Å². The average molecular weight is 443 g/mol. The summed E-state index contributed by atoms with van der Waals surface area (Å²) in [4.78, 5) is 17.2. The van der Waals surface area contributed by atoms with Crippen LogP contribution in [-0.2, 0) is 14.8 Å². The van der Waals surface area contributed by atoms with Crippen LogP contribution in [0, 0.1) is 5.92 Å². The largest absolute Gasteiger partial charge is 0.356 e. The average Bonchev–Trinajstić information content (AvgIpc) is 3.28. The molecule has 3 heterocycles. The standard InChI is InChI=1S/C20H34N4O3S2/c1-2-22-12-14-23(15-13-22)9-4-8-21-19(25)17-18-6-10-24(11-7-18)29(26,27)20-5-3-16-28-20/h3,5,16,18H,2,4,6-15,17H2,1H3,(H,21,25). The lowest BCUT2D eigenvalue weighted by molar-refractivity contribution is -0.122. The van der Waals surface area contributed by atoms with Crippen LogP contribution in [0.2, 0.25) is 0 Å². The van der Waals surface area contributed by atoms with Gasteiger partial charge in [0.05, 0.1) is 0 Å². The molecule has 1 amide bonds. The highest BCUT2D eigenvalue weighted by atomic mass is 32.2. The first kappa shape index (κ1) is 22.7. The lowest BCUT2D eigenvalue weighted by Crippen LogP contribution is -2.46. The smallest absolute Gasteiger partial charge is 0.252 e. The highest BCUT2D eigenvalue weighted by molar-refractivity contribution is 7.91. The third kappa shape index (κ3) is 6.49. The van der Waals surface area contributed by atoms with E-state index in [-0.39, 0.29) is 11.8 Å². The molecule has 164 valence electrons. The van der Waals surface area contributed by atoms with Crippen LogP contribution in [0.25, 0.3) is 0 Å². The molecule has 0 bridgehead atoms. The Morgan fingerprint density at radius 2 is 1.83 bits per heavy atom. The molecule has 2 saturated heterocycles. The van der Waals surface area contributed by atoms with Crippen molar-refractivity contribution in [1.29, 1.82) is 0 Å². The molecule has 1 N–H and O–H groups in total. The number of nitrogens with one attached hydrogen (secondary N) is 1. The second kappa shape index (κ2) is 10.9. The predicted molar refractivity (Wildman–Crippen MR) is 117 cm³/mol. The van der Waals surface area contributed by atoms with E-state index >= 15 is 0 Å². The van der Waals surface area contributed by atoms with E-state index in [9.17, 15) is 13.2 Å². The van der Waals surface area contributed by atoms with Gasteiger partial charge in [-0.15, -0.1) is 11.3 Å². The van der Waals surface area contributed by atoms with E-state index < -0.39 is 10.0 Å². The van der Waals surface area contributed by atoms with Gasteiger partial charge in [-0.25, -0.2) is 8.42 Å². The van der Waals surface area contributed by atoms with Crippen molar-refractivity contribution in [2.75, 3.05) is 58.9 Å². The number of amides is 1. The molecule has 0 saturated carbocycles. The maximum Gasteiger partial charge on any atom is 0.252 e. The van der Waals surface area contributed by atoms with Crippen molar-refractivity contribution in [2.45, 2.75) is 36.8 Å². The highest BCUT2D eigenvalue weighted by Crippen LogP contribution is 2.27. The molecular weight excluding hydrogens is 408 g/mol. The van der Waals surface area contributed by atoms with Gasteiger partial charge in [-0.3, -0.25) is 4.79 Å². The molecule has 7 nitrogen and oxygen atoms in total. The molecule has 0 unspecified atom stereocenters. The van der Waals surface area contributed by atoms with Gasteiger partial charge in [-0.2, -0.15) is 4.31 Å². The van der Waals surface area contributed by atoms with Crippen LogP contribution in [0.15, 0.2) is 21.7 Å². The molecule has 0 aromatic carbocycles. The van der Waals surface area contributed by atoms with E-state index in [0.717, 1.165) is 65.1 Å². The van der Waals surface area contributed by atoms with Crippen LogP contribution in [-0.4, -0.2) is 87.3 Å². The Morgan fingerprint density at radius 3 is 2.45 bits per heavy atom. The molecule has 1 aromatic rings. The summed E-state index contributed by atoms with van der Waals surface area (Å²) < 4.78 is 27.1. The predicted octanol–water partition coefficient (Wildman–Crippen LogP) is 1.68. The summed E-state index contributed by atoms with van der Waals surface area (Å²) in [5, 5.41) is 4.83. The third-order valence-electron chi connectivity index (χ3n) is 6.02. The number of rotatable bonds is 9. The number of carbonyl (C=O) groups excluding carboxylic acids is 1. The van der Waals surface area contributed by atoms with Crippen molar-refractivity contribution >= 4 is 27.3 Å². The van der Waals surface area contributed by atoms with Crippen LogP contribution in [0.5, 0.6) is 0 Å². The van der Waals surface area contributed by atoms with Crippen molar-refractivity contribution < 1.29 is 13.2 Å². The van der Waals surface area contributed by atoms with Crippen LogP contribution in [0.4, 0.5) is 0 Å². The van der Waals surface area contributed by atoms with E-state index in [1.54, 1.807) is 21.8 Å². The van der Waals surface area contributed by atoms with Crippen LogP contribution >= 0.6 is 11.3 Å². The first-order valence-corrected chi connectivity index (χ1v) is 13.1. The summed E-state index contributed by atoms with van der Waals surface area (Å²) >= 11 is 1.26.